The summed E-state index contributed by atoms with van der Waals surface area (Å²) >= 11 is 0. The van der Waals surface area contributed by atoms with E-state index in [4.69, 9.17) is 23.9 Å². The normalized spacial score (nSPS) is 31.0. The monoisotopic (exact) mass is 1080 g/mol. The number of anilines is 2. The summed E-state index contributed by atoms with van der Waals surface area (Å²) in [5, 5.41) is 54.8. The minimum Gasteiger partial charge on any atom is -0.507 e. The number of piperidine rings is 2. The maximum atomic E-state index is 15.0. The average molecular weight is 1080 g/mol. The van der Waals surface area contributed by atoms with Crippen LogP contribution in [-0.2, 0) is 28.6 Å². The molecule has 3 aromatic carbocycles. The number of esters is 1. The van der Waals surface area contributed by atoms with Crippen LogP contribution >= 0.6 is 0 Å². The van der Waals surface area contributed by atoms with Crippen LogP contribution in [0.25, 0.3) is 10.8 Å². The number of Topliss-reactive ketones (excluding diaryl/α,β-unsaturated/α-hetero) is 1. The van der Waals surface area contributed by atoms with Crippen molar-refractivity contribution in [2.24, 2.45) is 39.6 Å². The Labute approximate surface area is 455 Å². The molecule has 0 aromatic heterocycles. The van der Waals surface area contributed by atoms with Crippen molar-refractivity contribution in [1.29, 1.82) is 0 Å². The zero-order valence-electron chi connectivity index (χ0n) is 46.5. The van der Waals surface area contributed by atoms with Gasteiger partial charge in [0.1, 0.15) is 39.5 Å². The van der Waals surface area contributed by atoms with E-state index in [1.54, 1.807) is 58.9 Å². The predicted octanol–water partition coefficient (Wildman–Crippen LogP) is 5.16. The standard InChI is InChI=1S/C59H77N7O12/c1-32(2)29-64-26-22-59(23-27-64)62-45-42-43-50(70)38(8)53-44(42)54(72)57(9,78-53)76-28-19-40(75-10)35(5)52(77-41(67)30-65-24-20-58(21-25-65)56(74)60-31-66(58)39-17-12-11-13-18-39)37(7)49(69)36(6)48(68)33(3)15-14-16-34(4)55(73)61-47(51(43)71)46(45)63-59/h11-19,28,32-33,35-37,40,48-49,52,62,68-71H,20-27,29-31H2,1-10H3,(H,60,74)/b15-14+,28-19+,34-16-,61-47?/t33-,35+,36+,37+,40-,48-,49+,52+,57-/m0/s1. The van der Waals surface area contributed by atoms with Crippen molar-refractivity contribution in [3.63, 3.8) is 0 Å². The van der Waals surface area contributed by atoms with Crippen molar-refractivity contribution in [3.05, 3.63) is 88.3 Å². The van der Waals surface area contributed by atoms with E-state index in [1.807, 2.05) is 42.2 Å². The fourth-order valence-electron chi connectivity index (χ4n) is 12.5. The van der Waals surface area contributed by atoms with Gasteiger partial charge in [0.2, 0.25) is 5.91 Å². The lowest BCUT2D eigenvalue weighted by atomic mass is 9.78. The number of aliphatic hydroxyl groups excluding tert-OH is 2. The Morgan fingerprint density at radius 2 is 1.55 bits per heavy atom. The van der Waals surface area contributed by atoms with Gasteiger partial charge in [-0.2, -0.15) is 0 Å². The van der Waals surface area contributed by atoms with E-state index >= 15 is 4.79 Å². The second-order valence-electron chi connectivity index (χ2n) is 23.1. The summed E-state index contributed by atoms with van der Waals surface area (Å²) in [6, 6.07) is 9.78. The number of allylic oxidation sites excluding steroid dienone is 2. The van der Waals surface area contributed by atoms with Crippen molar-refractivity contribution in [3.8, 4) is 17.2 Å². The molecule has 0 radical (unpaired) electrons. The molecular formula is C59H77N7O12. The third-order valence-corrected chi connectivity index (χ3v) is 17.3. The van der Waals surface area contributed by atoms with Crippen LogP contribution in [0.5, 0.6) is 17.2 Å². The largest absolute Gasteiger partial charge is 0.507 e. The molecule has 2 amide bonds. The average Bonchev–Trinajstić information content (AvgIpc) is 4.02. The molecule has 3 saturated heterocycles. The van der Waals surface area contributed by atoms with E-state index in [-0.39, 0.29) is 62.1 Å². The van der Waals surface area contributed by atoms with E-state index in [0.29, 0.717) is 70.1 Å². The topological polar surface area (TPSA) is 245 Å². The molecule has 3 fully saturated rings. The second kappa shape index (κ2) is 22.0. The summed E-state index contributed by atoms with van der Waals surface area (Å²) in [4.78, 5) is 72.8. The summed E-state index contributed by atoms with van der Waals surface area (Å²) in [7, 11) is 1.48. The lowest BCUT2D eigenvalue weighted by Crippen LogP contribution is -2.57. The van der Waals surface area contributed by atoms with Crippen LogP contribution in [0.15, 0.2) is 76.5 Å². The molecule has 10 rings (SSSR count). The molecule has 7 aliphatic heterocycles. The molecule has 3 aromatic rings. The first kappa shape index (κ1) is 56.3. The number of nitrogens with zero attached hydrogens (tertiary/aromatic N) is 5. The van der Waals surface area contributed by atoms with Gasteiger partial charge in [-0.25, -0.2) is 4.99 Å². The van der Waals surface area contributed by atoms with E-state index in [9.17, 15) is 34.8 Å². The van der Waals surface area contributed by atoms with Crippen LogP contribution in [0.2, 0.25) is 0 Å². The smallest absolute Gasteiger partial charge is 0.320 e. The van der Waals surface area contributed by atoms with Crippen molar-refractivity contribution >= 4 is 45.7 Å². The number of likely N-dealkylation sites (tertiary alicyclic amines) is 2. The molecule has 0 aliphatic carbocycles. The van der Waals surface area contributed by atoms with Crippen molar-refractivity contribution in [2.45, 2.75) is 129 Å². The number of benzene rings is 3. The van der Waals surface area contributed by atoms with E-state index < -0.39 is 88.5 Å². The van der Waals surface area contributed by atoms with Crippen LogP contribution in [0.4, 0.5) is 11.4 Å². The van der Waals surface area contributed by atoms with Crippen molar-refractivity contribution in [2.75, 3.05) is 63.3 Å². The maximum absolute atomic E-state index is 15.0. The Balaban J connectivity index is 1.05. The van der Waals surface area contributed by atoms with E-state index in [2.05, 4.69) is 39.3 Å². The Kier molecular flexibility index (Phi) is 15.9. The first-order valence-electron chi connectivity index (χ1n) is 27.5. The van der Waals surface area contributed by atoms with Gasteiger partial charge in [0.15, 0.2) is 5.75 Å². The number of hydrogen-bond acceptors (Lipinski definition) is 17. The fraction of sp³-hybridized carbons (Fsp3) is 0.559. The third-order valence-electron chi connectivity index (χ3n) is 17.3. The number of aliphatic hydroxyl groups is 2. The highest BCUT2D eigenvalue weighted by atomic mass is 16.7. The third kappa shape index (κ3) is 10.3. The zero-order valence-corrected chi connectivity index (χ0v) is 46.5. The fourth-order valence-corrected chi connectivity index (χ4v) is 12.5. The number of carbonyl (C=O) groups excluding carboxylic acids is 4. The molecule has 0 unspecified atom stereocenters. The Hall–Kier alpha value is -6.38. The van der Waals surface area contributed by atoms with Crippen LogP contribution < -0.4 is 31.0 Å². The van der Waals surface area contributed by atoms with Gasteiger partial charge in [-0.1, -0.05) is 78.0 Å². The molecule has 420 valence electrons. The number of hydrogen-bond donors (Lipinski definition) is 6. The molecule has 7 aliphatic rings. The van der Waals surface area contributed by atoms with Gasteiger partial charge in [0.05, 0.1) is 54.4 Å². The number of methoxy groups -OCH3 is 1. The summed E-state index contributed by atoms with van der Waals surface area (Å²) in [6.07, 6.45) is 5.69. The predicted molar refractivity (Wildman–Crippen MR) is 292 cm³/mol. The highest BCUT2D eigenvalue weighted by Gasteiger charge is 2.52. The van der Waals surface area contributed by atoms with Crippen LogP contribution in [0, 0.1) is 36.5 Å². The number of phenolic OH excluding ortho intramolecular Hbond substituents is 2. The Morgan fingerprint density at radius 1 is 0.872 bits per heavy atom. The van der Waals surface area contributed by atoms with Gasteiger partial charge in [0.25, 0.3) is 11.7 Å². The summed E-state index contributed by atoms with van der Waals surface area (Å²) in [6.45, 7) is 19.5. The summed E-state index contributed by atoms with van der Waals surface area (Å²) in [5.74, 6) is -7.08. The molecule has 19 nitrogen and oxygen atoms in total. The molecule has 2 spiro atoms. The number of carbonyl (C=O) groups is 4. The number of nitrogens with one attached hydrogen (secondary N) is 2. The number of amides is 2. The molecule has 0 saturated carbocycles. The van der Waals surface area contributed by atoms with Crippen molar-refractivity contribution in [1.82, 2.24) is 15.1 Å². The van der Waals surface area contributed by atoms with Gasteiger partial charge in [-0.05, 0) is 50.8 Å². The minimum absolute atomic E-state index is 0.0362. The van der Waals surface area contributed by atoms with Gasteiger partial charge < -0.3 is 59.8 Å². The first-order valence-corrected chi connectivity index (χ1v) is 27.5. The minimum atomic E-state index is -2.01. The molecule has 9 atom stereocenters. The number of phenols is 2. The van der Waals surface area contributed by atoms with Gasteiger partial charge in [-0.3, -0.25) is 29.1 Å². The number of aromatic hydroxyl groups is 2. The number of rotatable bonds is 7. The number of ether oxygens (including phenoxy) is 4. The van der Waals surface area contributed by atoms with Crippen LogP contribution in [-0.4, -0.2) is 148 Å². The number of para-hydroxylation sites is 1. The highest BCUT2D eigenvalue weighted by Crippen LogP contribution is 2.51. The molecule has 19 heteroatoms. The van der Waals surface area contributed by atoms with Crippen LogP contribution in [0.1, 0.15) is 97.0 Å². The van der Waals surface area contributed by atoms with E-state index in [1.165, 1.54) is 20.3 Å². The van der Waals surface area contributed by atoms with Crippen molar-refractivity contribution < 1.29 is 58.6 Å². The van der Waals surface area contributed by atoms with Gasteiger partial charge >= 0.3 is 11.8 Å². The lowest BCUT2D eigenvalue weighted by molar-refractivity contribution is -0.164. The van der Waals surface area contributed by atoms with Gasteiger partial charge in [0, 0.05) is 105 Å². The number of ketones is 1. The Bertz CT molecular complexity index is 3050. The molecule has 6 N–H and O–H groups in total. The molecule has 5 bridgehead atoms. The summed E-state index contributed by atoms with van der Waals surface area (Å²) < 4.78 is 25.1. The zero-order chi connectivity index (χ0) is 56.2. The van der Waals surface area contributed by atoms with E-state index in [0.717, 1.165) is 12.2 Å². The summed E-state index contributed by atoms with van der Waals surface area (Å²) in [5.41, 5.74) is -0.0217. The SMILES string of the molecule is CO[C@H]1/C=C/O[C@@]2(C)Oc3c(C)c(O)c4c(O)c(c5c(c4c3C2=O)NC2(CCN(CC(C)C)CC2)N=5)=NC(=O)/C(C)=C\C=C\[C@H](C)[C@H](O)[C@@H](C)[C@@H](O)[C@@H](C)[C@H](OC(=O)CN2CCC3(CC2)C(=O)NCN3c2ccccc2)[C@@H]1C. The van der Waals surface area contributed by atoms with Crippen LogP contribution in [0.3, 0.4) is 0 Å². The lowest BCUT2D eigenvalue weighted by Gasteiger charge is -2.43. The second-order valence-corrected chi connectivity index (χ2v) is 23.1. The van der Waals surface area contributed by atoms with Gasteiger partial charge in [-0.15, -0.1) is 0 Å². The number of fused-ring (bicyclic) bond motifs is 13. The molecule has 7 heterocycles. The highest BCUT2D eigenvalue weighted by molar-refractivity contribution is 6.21. The maximum Gasteiger partial charge on any atom is 0.320 e. The molecular weight excluding hydrogens is 999 g/mol. The molecule has 78 heavy (non-hydrogen) atoms. The first-order chi connectivity index (χ1) is 37.0. The Morgan fingerprint density at radius 3 is 2.22 bits per heavy atom. The quantitative estimate of drug-likeness (QED) is 0.132.